The predicted octanol–water partition coefficient (Wildman–Crippen LogP) is 2.91. The molecule has 2 heterocycles. The third kappa shape index (κ3) is 3.30. The summed E-state index contributed by atoms with van der Waals surface area (Å²) in [4.78, 5) is 28.7. The zero-order valence-corrected chi connectivity index (χ0v) is 17.4. The highest BCUT2D eigenvalue weighted by Gasteiger charge is 2.28. The summed E-state index contributed by atoms with van der Waals surface area (Å²) < 4.78 is 2.14. The van der Waals surface area contributed by atoms with Crippen LogP contribution in [0.5, 0.6) is 5.75 Å². The Labute approximate surface area is 174 Å². The van der Waals surface area contributed by atoms with Crippen molar-refractivity contribution in [3.63, 3.8) is 0 Å². The molecule has 1 aromatic carbocycles. The molecule has 0 saturated carbocycles. The normalized spacial score (nSPS) is 13.0. The van der Waals surface area contributed by atoms with Crippen molar-refractivity contribution in [1.82, 2.24) is 14.5 Å². The van der Waals surface area contributed by atoms with Crippen LogP contribution >= 0.6 is 12.4 Å². The second kappa shape index (κ2) is 7.57. The van der Waals surface area contributed by atoms with Crippen molar-refractivity contribution in [3.8, 4) is 17.0 Å². The molecule has 0 spiro atoms. The molecule has 154 valence electrons. The molecule has 0 unspecified atom stereocenters. The van der Waals surface area contributed by atoms with Gasteiger partial charge in [-0.2, -0.15) is 0 Å². The molecule has 2 aromatic heterocycles. The number of rotatable bonds is 3. The van der Waals surface area contributed by atoms with E-state index in [2.05, 4.69) is 26.6 Å². The Kier molecular flexibility index (Phi) is 5.47. The van der Waals surface area contributed by atoms with Crippen molar-refractivity contribution < 1.29 is 15.0 Å². The van der Waals surface area contributed by atoms with E-state index in [-0.39, 0.29) is 12.4 Å². The summed E-state index contributed by atoms with van der Waals surface area (Å²) in [7, 11) is 6.05. The van der Waals surface area contributed by atoms with E-state index in [0.717, 1.165) is 41.5 Å². The maximum atomic E-state index is 12.4. The van der Waals surface area contributed by atoms with Crippen molar-refractivity contribution in [2.45, 2.75) is 25.8 Å². The van der Waals surface area contributed by atoms with E-state index >= 15 is 0 Å². The van der Waals surface area contributed by atoms with Crippen LogP contribution in [0, 0.1) is 0 Å². The number of aromatic hydroxyl groups is 1. The number of pyridine rings is 1. The van der Waals surface area contributed by atoms with Gasteiger partial charge in [0.2, 0.25) is 0 Å². The number of carboxylic acid groups (broad SMARTS) is 1. The first-order valence-electron chi connectivity index (χ1n) is 9.26. The number of hydrogen-bond acceptors (Lipinski definition) is 4. The highest BCUT2D eigenvalue weighted by atomic mass is 35.5. The molecule has 1 aliphatic carbocycles. The molecule has 4 rings (SSSR count). The summed E-state index contributed by atoms with van der Waals surface area (Å²) in [6.45, 7) is 0.821. The molecule has 0 atom stereocenters. The lowest BCUT2D eigenvalue weighted by molar-refractivity contribution is 0.0691. The first kappa shape index (κ1) is 21.0. The number of hydrogen-bond donors (Lipinski definition) is 3. The second-order valence-electron chi connectivity index (χ2n) is 7.66. The number of nitrogens with one attached hydrogen (secondary N) is 1. The molecule has 0 aliphatic heterocycles. The summed E-state index contributed by atoms with van der Waals surface area (Å²) in [5.41, 5.74) is 3.87. The fraction of sp³-hybridized carbons (Fsp3) is 0.333. The molecule has 3 N–H and O–H groups in total. The van der Waals surface area contributed by atoms with Crippen LogP contribution < -0.4 is 5.56 Å². The van der Waals surface area contributed by atoms with Crippen LogP contribution in [-0.4, -0.2) is 44.7 Å². The number of nitrogens with zero attached hydrogens (tertiary/aromatic N) is 2. The smallest absolute Gasteiger partial charge is 0.345 e. The molecular formula is C21H24ClN3O4. The Balaban J connectivity index is 0.00000240. The van der Waals surface area contributed by atoms with Gasteiger partial charge in [-0.25, -0.2) is 4.79 Å². The SMILES string of the molecule is CN(C)Cc1ccc2c3c(n(C)c2c1)CCCc1c-3[nH]c(=O)c(C(=O)O)c1O.Cl. The summed E-state index contributed by atoms with van der Waals surface area (Å²) in [6.07, 6.45) is 2.04. The fourth-order valence-electron chi connectivity index (χ4n) is 4.29. The van der Waals surface area contributed by atoms with Crippen LogP contribution in [0.2, 0.25) is 0 Å². The van der Waals surface area contributed by atoms with Gasteiger partial charge in [0.05, 0.1) is 5.69 Å². The van der Waals surface area contributed by atoms with Gasteiger partial charge in [0.15, 0.2) is 5.56 Å². The first-order chi connectivity index (χ1) is 13.3. The van der Waals surface area contributed by atoms with Gasteiger partial charge in [-0.1, -0.05) is 12.1 Å². The van der Waals surface area contributed by atoms with Gasteiger partial charge in [-0.15, -0.1) is 12.4 Å². The fourth-order valence-corrected chi connectivity index (χ4v) is 4.29. The standard InChI is InChI=1S/C21H23N3O4.ClH/c1-23(2)10-11-7-8-12-15(9-11)24(3)14-6-4-5-13-18(16(12)14)22-20(26)17(19(13)25)21(27)28;/h7-9H,4-6,10H2,1-3H3,(H,27,28)(H2,22,25,26);1H. The van der Waals surface area contributed by atoms with Gasteiger partial charge >= 0.3 is 5.97 Å². The second-order valence-corrected chi connectivity index (χ2v) is 7.66. The van der Waals surface area contributed by atoms with Crippen LogP contribution in [-0.2, 0) is 26.4 Å². The number of carbonyl (C=O) groups is 1. The average Bonchev–Trinajstić information content (AvgIpc) is 2.75. The average molecular weight is 418 g/mol. The molecule has 8 heteroatoms. The topological polar surface area (TPSA) is 98.6 Å². The van der Waals surface area contributed by atoms with E-state index in [4.69, 9.17) is 0 Å². The molecule has 0 bridgehead atoms. The number of halogens is 1. The quantitative estimate of drug-likeness (QED) is 0.608. The third-order valence-corrected chi connectivity index (χ3v) is 5.48. The first-order valence-corrected chi connectivity index (χ1v) is 9.26. The Morgan fingerprint density at radius 2 is 2.00 bits per heavy atom. The van der Waals surface area contributed by atoms with Crippen LogP contribution in [0.4, 0.5) is 0 Å². The van der Waals surface area contributed by atoms with Crippen LogP contribution in [0.25, 0.3) is 22.2 Å². The maximum absolute atomic E-state index is 12.4. The minimum atomic E-state index is -1.42. The van der Waals surface area contributed by atoms with E-state index in [1.165, 1.54) is 5.56 Å². The van der Waals surface area contributed by atoms with Crippen molar-refractivity contribution in [3.05, 3.63) is 50.9 Å². The number of aryl methyl sites for hydroxylation is 1. The Morgan fingerprint density at radius 3 is 2.66 bits per heavy atom. The largest absolute Gasteiger partial charge is 0.506 e. The van der Waals surface area contributed by atoms with E-state index in [9.17, 15) is 19.8 Å². The van der Waals surface area contributed by atoms with Gasteiger partial charge in [0, 0.05) is 41.3 Å². The number of carboxylic acids is 1. The Hall–Kier alpha value is -2.77. The van der Waals surface area contributed by atoms with Crippen molar-refractivity contribution in [2.75, 3.05) is 14.1 Å². The Morgan fingerprint density at radius 1 is 1.28 bits per heavy atom. The van der Waals surface area contributed by atoms with Gasteiger partial charge in [-0.05, 0) is 45.0 Å². The van der Waals surface area contributed by atoms with Crippen molar-refractivity contribution in [1.29, 1.82) is 0 Å². The summed E-state index contributed by atoms with van der Waals surface area (Å²) in [5, 5.41) is 20.8. The zero-order chi connectivity index (χ0) is 20.2. The van der Waals surface area contributed by atoms with Crippen LogP contribution in [0.3, 0.4) is 0 Å². The van der Waals surface area contributed by atoms with Crippen LogP contribution in [0.15, 0.2) is 23.0 Å². The highest BCUT2D eigenvalue weighted by Crippen LogP contribution is 2.41. The lowest BCUT2D eigenvalue weighted by Crippen LogP contribution is -2.20. The van der Waals surface area contributed by atoms with Crippen molar-refractivity contribution >= 4 is 29.3 Å². The van der Waals surface area contributed by atoms with Crippen LogP contribution in [0.1, 0.15) is 33.6 Å². The number of fused-ring (bicyclic) bond motifs is 5. The molecular weight excluding hydrogens is 394 g/mol. The maximum Gasteiger partial charge on any atom is 0.345 e. The number of aromatic nitrogens is 2. The van der Waals surface area contributed by atoms with Gasteiger partial charge in [0.25, 0.3) is 5.56 Å². The van der Waals surface area contributed by atoms with E-state index in [1.54, 1.807) is 0 Å². The third-order valence-electron chi connectivity index (χ3n) is 5.48. The number of aromatic amines is 1. The van der Waals surface area contributed by atoms with Gasteiger partial charge in [0.1, 0.15) is 5.75 Å². The molecule has 1 aliphatic rings. The molecule has 0 radical (unpaired) electrons. The predicted molar refractivity (Wildman–Crippen MR) is 114 cm³/mol. The Bertz CT molecular complexity index is 1180. The van der Waals surface area contributed by atoms with E-state index in [1.807, 2.05) is 27.2 Å². The monoisotopic (exact) mass is 417 g/mol. The zero-order valence-electron chi connectivity index (χ0n) is 16.6. The molecule has 0 fully saturated rings. The lowest BCUT2D eigenvalue weighted by Gasteiger charge is -2.12. The van der Waals surface area contributed by atoms with E-state index in [0.29, 0.717) is 17.7 Å². The molecule has 0 amide bonds. The van der Waals surface area contributed by atoms with Gasteiger partial charge in [-0.3, -0.25) is 4.79 Å². The highest BCUT2D eigenvalue weighted by molar-refractivity contribution is 6.00. The molecule has 29 heavy (non-hydrogen) atoms. The number of H-pyrrole nitrogens is 1. The molecule has 3 aromatic rings. The summed E-state index contributed by atoms with van der Waals surface area (Å²) in [5.74, 6) is -1.84. The van der Waals surface area contributed by atoms with Gasteiger partial charge < -0.3 is 24.7 Å². The summed E-state index contributed by atoms with van der Waals surface area (Å²) >= 11 is 0. The molecule has 0 saturated heterocycles. The lowest BCUT2D eigenvalue weighted by atomic mass is 9.99. The van der Waals surface area contributed by atoms with E-state index < -0.39 is 22.8 Å². The summed E-state index contributed by atoms with van der Waals surface area (Å²) in [6, 6.07) is 6.26. The van der Waals surface area contributed by atoms with Crippen molar-refractivity contribution in [2.24, 2.45) is 7.05 Å². The number of aromatic carboxylic acids is 1. The minimum Gasteiger partial charge on any atom is -0.506 e. The number of benzene rings is 1. The molecule has 7 nitrogen and oxygen atoms in total. The minimum absolute atomic E-state index is 0.